The lowest BCUT2D eigenvalue weighted by Crippen LogP contribution is -2.44. The minimum Gasteiger partial charge on any atom is -0.378 e. The van der Waals surface area contributed by atoms with Crippen molar-refractivity contribution in [1.82, 2.24) is 14.8 Å². The summed E-state index contributed by atoms with van der Waals surface area (Å²) in [5.41, 5.74) is 0.559. The first kappa shape index (κ1) is 18.7. The molecular formula is C18H28ClN3O3. The monoisotopic (exact) mass is 369 g/mol. The van der Waals surface area contributed by atoms with Gasteiger partial charge >= 0.3 is 0 Å². The summed E-state index contributed by atoms with van der Waals surface area (Å²) in [6.45, 7) is 5.29. The molecule has 1 aliphatic heterocycles. The molecule has 1 unspecified atom stereocenters. The van der Waals surface area contributed by atoms with Crippen molar-refractivity contribution in [2.75, 3.05) is 33.4 Å². The second kappa shape index (κ2) is 8.08. The van der Waals surface area contributed by atoms with Gasteiger partial charge in [-0.2, -0.15) is 0 Å². The SMILES string of the molecule is CCOC(CN1C[C@@H](NC(=O)c2cc(Cl)cn2C)[C@H](OC)C1)C1CC1. The molecule has 140 valence electrons. The minimum atomic E-state index is -0.119. The maximum Gasteiger partial charge on any atom is 0.268 e. The van der Waals surface area contributed by atoms with Crippen molar-refractivity contribution in [2.24, 2.45) is 13.0 Å². The number of hydrogen-bond acceptors (Lipinski definition) is 4. The zero-order valence-corrected chi connectivity index (χ0v) is 16.0. The lowest BCUT2D eigenvalue weighted by Gasteiger charge is -2.23. The van der Waals surface area contributed by atoms with Crippen molar-refractivity contribution < 1.29 is 14.3 Å². The predicted molar refractivity (Wildman–Crippen MR) is 97.1 cm³/mol. The summed E-state index contributed by atoms with van der Waals surface area (Å²) in [4.78, 5) is 14.9. The van der Waals surface area contributed by atoms with Crippen molar-refractivity contribution in [3.05, 3.63) is 23.0 Å². The molecule has 1 aromatic rings. The number of aromatic nitrogens is 1. The van der Waals surface area contributed by atoms with Crippen molar-refractivity contribution in [3.8, 4) is 0 Å². The third-order valence-electron chi connectivity index (χ3n) is 5.13. The van der Waals surface area contributed by atoms with Crippen LogP contribution in [0.25, 0.3) is 0 Å². The highest BCUT2D eigenvalue weighted by molar-refractivity contribution is 6.31. The van der Waals surface area contributed by atoms with Gasteiger partial charge in [-0.05, 0) is 31.7 Å². The standard InChI is InChI=1S/C18H28ClN3O3/c1-4-25-16(12-5-6-12)10-22-9-14(17(11-22)24-3)20-18(23)15-7-13(19)8-21(15)2/h7-8,12,14,16-17H,4-6,9-11H2,1-3H3,(H,20,23)/t14-,16?,17-/m1/s1. The van der Waals surface area contributed by atoms with E-state index in [0.29, 0.717) is 22.7 Å². The van der Waals surface area contributed by atoms with Crippen molar-refractivity contribution in [1.29, 1.82) is 0 Å². The molecule has 7 heteroatoms. The summed E-state index contributed by atoms with van der Waals surface area (Å²) in [5.74, 6) is 0.576. The van der Waals surface area contributed by atoms with E-state index in [1.165, 1.54) is 12.8 Å². The molecule has 1 aromatic heterocycles. The van der Waals surface area contributed by atoms with Gasteiger partial charge in [-0.3, -0.25) is 9.69 Å². The van der Waals surface area contributed by atoms with Crippen molar-refractivity contribution in [3.63, 3.8) is 0 Å². The van der Waals surface area contributed by atoms with Gasteiger partial charge < -0.3 is 19.4 Å². The molecule has 0 spiro atoms. The molecule has 3 rings (SSSR count). The highest BCUT2D eigenvalue weighted by Crippen LogP contribution is 2.35. The molecule has 3 atom stereocenters. The summed E-state index contributed by atoms with van der Waals surface area (Å²) in [6.07, 6.45) is 4.54. The summed E-state index contributed by atoms with van der Waals surface area (Å²) < 4.78 is 13.3. The Balaban J connectivity index is 1.59. The minimum absolute atomic E-state index is 0.0128. The molecule has 25 heavy (non-hydrogen) atoms. The summed E-state index contributed by atoms with van der Waals surface area (Å²) in [5, 5.41) is 3.67. The Labute approximate surface area is 154 Å². The fourth-order valence-corrected chi connectivity index (χ4v) is 3.89. The Morgan fingerprint density at radius 2 is 2.20 bits per heavy atom. The number of nitrogens with one attached hydrogen (secondary N) is 1. The fourth-order valence-electron chi connectivity index (χ4n) is 3.65. The molecule has 2 fully saturated rings. The van der Waals surface area contributed by atoms with E-state index in [2.05, 4.69) is 10.2 Å². The number of likely N-dealkylation sites (tertiary alicyclic amines) is 1. The van der Waals surface area contributed by atoms with E-state index < -0.39 is 0 Å². The maximum atomic E-state index is 12.6. The van der Waals surface area contributed by atoms with E-state index in [-0.39, 0.29) is 18.1 Å². The molecule has 0 bridgehead atoms. The number of halogens is 1. The molecule has 0 aromatic carbocycles. The zero-order chi connectivity index (χ0) is 18.0. The highest BCUT2D eigenvalue weighted by Gasteiger charge is 2.38. The summed E-state index contributed by atoms with van der Waals surface area (Å²) in [6, 6.07) is 1.65. The van der Waals surface area contributed by atoms with Gasteiger partial charge in [-0.15, -0.1) is 0 Å². The van der Waals surface area contributed by atoms with Gasteiger partial charge in [0, 0.05) is 46.6 Å². The van der Waals surface area contributed by atoms with Crippen LogP contribution in [-0.4, -0.2) is 67.0 Å². The second-order valence-electron chi connectivity index (χ2n) is 7.06. The van der Waals surface area contributed by atoms with Crippen LogP contribution in [0.4, 0.5) is 0 Å². The van der Waals surface area contributed by atoms with Gasteiger partial charge in [0.15, 0.2) is 0 Å². The number of ether oxygens (including phenoxy) is 2. The number of hydrogen-bond donors (Lipinski definition) is 1. The van der Waals surface area contributed by atoms with E-state index in [1.807, 2.05) is 14.0 Å². The summed E-state index contributed by atoms with van der Waals surface area (Å²) >= 11 is 5.98. The Bertz CT molecular complexity index is 602. The van der Waals surface area contributed by atoms with E-state index in [4.69, 9.17) is 21.1 Å². The van der Waals surface area contributed by atoms with E-state index >= 15 is 0 Å². The Kier molecular flexibility index (Phi) is 6.04. The lowest BCUT2D eigenvalue weighted by atomic mass is 10.2. The number of nitrogens with zero attached hydrogens (tertiary/aromatic N) is 2. The molecule has 2 aliphatic rings. The number of carbonyl (C=O) groups excluding carboxylic acids is 1. The normalized spacial score (nSPS) is 25.3. The van der Waals surface area contributed by atoms with Crippen LogP contribution < -0.4 is 5.32 Å². The highest BCUT2D eigenvalue weighted by atomic mass is 35.5. The third-order valence-corrected chi connectivity index (χ3v) is 5.34. The number of aryl methyl sites for hydroxylation is 1. The largest absolute Gasteiger partial charge is 0.378 e. The Morgan fingerprint density at radius 1 is 1.44 bits per heavy atom. The summed E-state index contributed by atoms with van der Waals surface area (Å²) in [7, 11) is 3.52. The molecular weight excluding hydrogens is 342 g/mol. The van der Waals surface area contributed by atoms with Crippen molar-refractivity contribution in [2.45, 2.75) is 38.0 Å². The third kappa shape index (κ3) is 4.56. The Hall–Kier alpha value is -1.08. The average molecular weight is 370 g/mol. The fraction of sp³-hybridized carbons (Fsp3) is 0.722. The molecule has 6 nitrogen and oxygen atoms in total. The number of carbonyl (C=O) groups is 1. The van der Waals surface area contributed by atoms with Crippen LogP contribution in [-0.2, 0) is 16.5 Å². The molecule has 1 aliphatic carbocycles. The van der Waals surface area contributed by atoms with E-state index in [1.54, 1.807) is 23.9 Å². The molecule has 1 saturated heterocycles. The zero-order valence-electron chi connectivity index (χ0n) is 15.2. The van der Waals surface area contributed by atoms with Gasteiger partial charge in [-0.25, -0.2) is 0 Å². The smallest absolute Gasteiger partial charge is 0.268 e. The first-order valence-electron chi connectivity index (χ1n) is 9.01. The van der Waals surface area contributed by atoms with E-state index in [9.17, 15) is 4.79 Å². The molecule has 1 N–H and O–H groups in total. The van der Waals surface area contributed by atoms with Gasteiger partial charge in [0.25, 0.3) is 5.91 Å². The number of amides is 1. The van der Waals surface area contributed by atoms with Crippen LogP contribution in [0, 0.1) is 5.92 Å². The van der Waals surface area contributed by atoms with Crippen LogP contribution >= 0.6 is 11.6 Å². The lowest BCUT2D eigenvalue weighted by molar-refractivity contribution is 0.0201. The van der Waals surface area contributed by atoms with Gasteiger partial charge in [0.05, 0.1) is 23.3 Å². The quantitative estimate of drug-likeness (QED) is 0.760. The molecule has 2 heterocycles. The van der Waals surface area contributed by atoms with Gasteiger partial charge in [0.1, 0.15) is 5.69 Å². The average Bonchev–Trinajstić information content (AvgIpc) is 3.26. The molecule has 1 amide bonds. The van der Waals surface area contributed by atoms with Gasteiger partial charge in [-0.1, -0.05) is 11.6 Å². The van der Waals surface area contributed by atoms with Crippen LogP contribution in [0.5, 0.6) is 0 Å². The Morgan fingerprint density at radius 3 is 2.76 bits per heavy atom. The second-order valence-corrected chi connectivity index (χ2v) is 7.49. The van der Waals surface area contributed by atoms with Crippen LogP contribution in [0.3, 0.4) is 0 Å². The van der Waals surface area contributed by atoms with Gasteiger partial charge in [0.2, 0.25) is 0 Å². The topological polar surface area (TPSA) is 55.7 Å². The maximum absolute atomic E-state index is 12.6. The van der Waals surface area contributed by atoms with Crippen LogP contribution in [0.1, 0.15) is 30.3 Å². The first-order chi connectivity index (χ1) is 12.0. The first-order valence-corrected chi connectivity index (χ1v) is 9.39. The predicted octanol–water partition coefficient (Wildman–Crippen LogP) is 1.92. The van der Waals surface area contributed by atoms with Crippen LogP contribution in [0.15, 0.2) is 12.3 Å². The van der Waals surface area contributed by atoms with E-state index in [0.717, 1.165) is 26.2 Å². The number of rotatable bonds is 8. The van der Waals surface area contributed by atoms with Crippen LogP contribution in [0.2, 0.25) is 5.02 Å². The molecule has 1 saturated carbocycles. The van der Waals surface area contributed by atoms with Crippen molar-refractivity contribution >= 4 is 17.5 Å². The number of methoxy groups -OCH3 is 1. The molecule has 0 radical (unpaired) electrons.